The van der Waals surface area contributed by atoms with Gasteiger partial charge in [-0.2, -0.15) is 5.10 Å². The van der Waals surface area contributed by atoms with E-state index in [-0.39, 0.29) is 0 Å². The predicted molar refractivity (Wildman–Crippen MR) is 75.9 cm³/mol. The van der Waals surface area contributed by atoms with Crippen LogP contribution in [0.5, 0.6) is 0 Å². The number of rotatable bonds is 4. The van der Waals surface area contributed by atoms with E-state index in [2.05, 4.69) is 28.5 Å². The van der Waals surface area contributed by atoms with Crippen LogP contribution in [0.1, 0.15) is 37.4 Å². The van der Waals surface area contributed by atoms with Gasteiger partial charge in [-0.3, -0.25) is 0 Å². The minimum atomic E-state index is 0.851. The fourth-order valence-corrected chi connectivity index (χ4v) is 3.05. The molecule has 4 heteroatoms. The number of nitrogens with one attached hydrogen (secondary N) is 1. The van der Waals surface area contributed by atoms with Crippen molar-refractivity contribution in [3.05, 3.63) is 29.7 Å². The van der Waals surface area contributed by atoms with Gasteiger partial charge in [0.1, 0.15) is 0 Å². The highest BCUT2D eigenvalue weighted by Gasteiger charge is 2.22. The molecule has 19 heavy (non-hydrogen) atoms. The predicted octanol–water partition coefficient (Wildman–Crippen LogP) is 2.56. The molecule has 1 aliphatic rings. The largest absolute Gasteiger partial charge is 0.312 e. The van der Waals surface area contributed by atoms with Gasteiger partial charge in [-0.1, -0.05) is 19.8 Å². The molecule has 0 amide bonds. The van der Waals surface area contributed by atoms with Gasteiger partial charge >= 0.3 is 0 Å². The molecule has 2 heterocycles. The van der Waals surface area contributed by atoms with Crippen LogP contribution >= 0.6 is 0 Å². The second-order valence-electron chi connectivity index (χ2n) is 5.85. The summed E-state index contributed by atoms with van der Waals surface area (Å²) in [5, 5.41) is 7.96. The smallest absolute Gasteiger partial charge is 0.155 e. The minimum Gasteiger partial charge on any atom is -0.312 e. The number of aromatic nitrogens is 3. The Bertz CT molecular complexity index is 560. The first-order valence-corrected chi connectivity index (χ1v) is 7.24. The van der Waals surface area contributed by atoms with E-state index in [0.29, 0.717) is 0 Å². The lowest BCUT2D eigenvalue weighted by molar-refractivity contribution is 0.392. The first-order chi connectivity index (χ1) is 9.22. The van der Waals surface area contributed by atoms with E-state index >= 15 is 0 Å². The molecule has 1 fully saturated rings. The fourth-order valence-electron chi connectivity index (χ4n) is 3.05. The molecule has 0 aliphatic heterocycles. The average molecular weight is 258 g/mol. The van der Waals surface area contributed by atoms with Gasteiger partial charge in [0.25, 0.3) is 0 Å². The Morgan fingerprint density at radius 2 is 2.32 bits per heavy atom. The second-order valence-corrected chi connectivity index (χ2v) is 5.85. The standard InChI is InChI=1S/C15H22N4/c1-11-4-3-5-14(11)9-16-7-13-8-17-15-6-12(2)18-19(15)10-13/h6,8,10-11,14,16H,3-5,7,9H2,1-2H3. The van der Waals surface area contributed by atoms with Crippen molar-refractivity contribution < 1.29 is 0 Å². The van der Waals surface area contributed by atoms with Gasteiger partial charge in [0.15, 0.2) is 5.65 Å². The Balaban J connectivity index is 1.58. The number of nitrogens with zero attached hydrogens (tertiary/aromatic N) is 3. The van der Waals surface area contributed by atoms with E-state index in [9.17, 15) is 0 Å². The number of aryl methyl sites for hydroxylation is 1. The van der Waals surface area contributed by atoms with Crippen molar-refractivity contribution in [2.24, 2.45) is 11.8 Å². The Kier molecular flexibility index (Phi) is 3.51. The molecule has 4 nitrogen and oxygen atoms in total. The van der Waals surface area contributed by atoms with Crippen molar-refractivity contribution in [1.29, 1.82) is 0 Å². The molecule has 0 aromatic carbocycles. The molecule has 0 bridgehead atoms. The molecule has 2 unspecified atom stereocenters. The summed E-state index contributed by atoms with van der Waals surface area (Å²) in [4.78, 5) is 4.43. The molecule has 0 saturated heterocycles. The molecule has 2 aromatic rings. The number of hydrogen-bond acceptors (Lipinski definition) is 3. The van der Waals surface area contributed by atoms with Gasteiger partial charge in [0.2, 0.25) is 0 Å². The molecule has 0 radical (unpaired) electrons. The topological polar surface area (TPSA) is 42.2 Å². The van der Waals surface area contributed by atoms with Crippen LogP contribution in [-0.2, 0) is 6.54 Å². The van der Waals surface area contributed by atoms with Crippen LogP contribution < -0.4 is 5.32 Å². The van der Waals surface area contributed by atoms with E-state index in [0.717, 1.165) is 36.3 Å². The Morgan fingerprint density at radius 3 is 3.11 bits per heavy atom. The average Bonchev–Trinajstić information content (AvgIpc) is 2.94. The van der Waals surface area contributed by atoms with Crippen LogP contribution in [0.3, 0.4) is 0 Å². The Labute approximate surface area is 114 Å². The molecule has 102 valence electrons. The minimum absolute atomic E-state index is 0.851. The van der Waals surface area contributed by atoms with Gasteiger partial charge < -0.3 is 5.32 Å². The van der Waals surface area contributed by atoms with Crippen molar-refractivity contribution in [2.75, 3.05) is 6.54 Å². The Hall–Kier alpha value is -1.42. The molecule has 2 atom stereocenters. The van der Waals surface area contributed by atoms with Gasteiger partial charge in [0, 0.05) is 30.6 Å². The van der Waals surface area contributed by atoms with Gasteiger partial charge in [-0.05, 0) is 31.7 Å². The quantitative estimate of drug-likeness (QED) is 0.916. The fraction of sp³-hybridized carbons (Fsp3) is 0.600. The van der Waals surface area contributed by atoms with Crippen molar-refractivity contribution >= 4 is 5.65 Å². The van der Waals surface area contributed by atoms with E-state index in [4.69, 9.17) is 0 Å². The van der Waals surface area contributed by atoms with E-state index in [1.54, 1.807) is 0 Å². The SMILES string of the molecule is Cc1cc2ncc(CNCC3CCCC3C)cn2n1. The van der Waals surface area contributed by atoms with Crippen molar-refractivity contribution in [1.82, 2.24) is 19.9 Å². The van der Waals surface area contributed by atoms with E-state index in [1.165, 1.54) is 24.8 Å². The molecule has 0 spiro atoms. The van der Waals surface area contributed by atoms with Crippen molar-refractivity contribution in [3.63, 3.8) is 0 Å². The second kappa shape index (κ2) is 5.29. The van der Waals surface area contributed by atoms with Crippen LogP contribution in [-0.4, -0.2) is 21.1 Å². The Morgan fingerprint density at radius 1 is 1.42 bits per heavy atom. The molecule has 2 aromatic heterocycles. The highest BCUT2D eigenvalue weighted by molar-refractivity contribution is 5.38. The summed E-state index contributed by atoms with van der Waals surface area (Å²) in [7, 11) is 0. The van der Waals surface area contributed by atoms with E-state index in [1.807, 2.05) is 23.7 Å². The van der Waals surface area contributed by atoms with Gasteiger partial charge in [0.05, 0.1) is 5.69 Å². The third-order valence-electron chi connectivity index (χ3n) is 4.26. The van der Waals surface area contributed by atoms with E-state index < -0.39 is 0 Å². The summed E-state index contributed by atoms with van der Waals surface area (Å²) in [5.41, 5.74) is 3.13. The lowest BCUT2D eigenvalue weighted by atomic mass is 9.98. The molecule has 1 saturated carbocycles. The third kappa shape index (κ3) is 2.78. The summed E-state index contributed by atoms with van der Waals surface area (Å²) >= 11 is 0. The molecular weight excluding hydrogens is 236 g/mol. The van der Waals surface area contributed by atoms with Gasteiger partial charge in [-0.25, -0.2) is 9.50 Å². The maximum absolute atomic E-state index is 4.43. The lowest BCUT2D eigenvalue weighted by Crippen LogP contribution is -2.24. The summed E-state index contributed by atoms with van der Waals surface area (Å²) < 4.78 is 1.87. The van der Waals surface area contributed by atoms with Gasteiger partial charge in [-0.15, -0.1) is 0 Å². The normalized spacial score (nSPS) is 23.3. The highest BCUT2D eigenvalue weighted by atomic mass is 15.2. The van der Waals surface area contributed by atoms with Crippen molar-refractivity contribution in [2.45, 2.75) is 39.7 Å². The first-order valence-electron chi connectivity index (χ1n) is 7.24. The summed E-state index contributed by atoms with van der Waals surface area (Å²) in [6.45, 7) is 6.37. The zero-order valence-electron chi connectivity index (χ0n) is 11.8. The highest BCUT2D eigenvalue weighted by Crippen LogP contribution is 2.30. The maximum Gasteiger partial charge on any atom is 0.155 e. The van der Waals surface area contributed by atoms with Crippen LogP contribution in [0.4, 0.5) is 0 Å². The number of hydrogen-bond donors (Lipinski definition) is 1. The summed E-state index contributed by atoms with van der Waals surface area (Å²) in [6, 6.07) is 2.00. The van der Waals surface area contributed by atoms with Crippen LogP contribution in [0.25, 0.3) is 5.65 Å². The summed E-state index contributed by atoms with van der Waals surface area (Å²) in [6.07, 6.45) is 8.19. The number of fused-ring (bicyclic) bond motifs is 1. The maximum atomic E-state index is 4.43. The monoisotopic (exact) mass is 258 g/mol. The zero-order chi connectivity index (χ0) is 13.2. The third-order valence-corrected chi connectivity index (χ3v) is 4.26. The van der Waals surface area contributed by atoms with Crippen molar-refractivity contribution in [3.8, 4) is 0 Å². The summed E-state index contributed by atoms with van der Waals surface area (Å²) in [5.74, 6) is 1.73. The van der Waals surface area contributed by atoms with Crippen LogP contribution in [0.15, 0.2) is 18.5 Å². The molecule has 1 N–H and O–H groups in total. The molecular formula is C15H22N4. The van der Waals surface area contributed by atoms with Crippen LogP contribution in [0.2, 0.25) is 0 Å². The lowest BCUT2D eigenvalue weighted by Gasteiger charge is -2.15. The molecule has 1 aliphatic carbocycles. The van der Waals surface area contributed by atoms with Crippen LogP contribution in [0, 0.1) is 18.8 Å². The molecule has 3 rings (SSSR count). The first kappa shape index (κ1) is 12.6. The zero-order valence-corrected chi connectivity index (χ0v) is 11.8.